The van der Waals surface area contributed by atoms with Crippen molar-refractivity contribution in [3.63, 3.8) is 0 Å². The summed E-state index contributed by atoms with van der Waals surface area (Å²) >= 11 is 0. The maximum atomic E-state index is 13.3. The lowest BCUT2D eigenvalue weighted by atomic mass is 10.0. The first kappa shape index (κ1) is 27.5. The molecule has 0 spiro atoms. The van der Waals surface area contributed by atoms with E-state index in [1.165, 1.54) is 54.7 Å². The molecule has 41 heavy (non-hydrogen) atoms. The van der Waals surface area contributed by atoms with Gasteiger partial charge in [-0.05, 0) is 77.9 Å². The molecule has 5 rings (SSSR count). The van der Waals surface area contributed by atoms with Crippen LogP contribution in [-0.4, -0.2) is 20.5 Å². The van der Waals surface area contributed by atoms with Gasteiger partial charge in [0.1, 0.15) is 18.2 Å². The number of halogens is 1. The number of carbonyl (C=O) groups is 1. The van der Waals surface area contributed by atoms with Crippen molar-refractivity contribution in [2.45, 2.75) is 18.4 Å². The Bertz CT molecular complexity index is 1820. The number of hydrogen-bond acceptors (Lipinski definition) is 5. The van der Waals surface area contributed by atoms with Crippen LogP contribution < -0.4 is 14.9 Å². The quantitative estimate of drug-likeness (QED) is 0.158. The van der Waals surface area contributed by atoms with Crippen LogP contribution in [0, 0.1) is 12.7 Å². The Hall–Kier alpha value is -5.02. The lowest BCUT2D eigenvalue weighted by Gasteiger charge is -2.12. The molecular formula is C32H26FN3O4S. The zero-order valence-corrected chi connectivity index (χ0v) is 22.9. The normalized spacial score (nSPS) is 11.5. The van der Waals surface area contributed by atoms with E-state index in [-0.39, 0.29) is 17.3 Å². The Morgan fingerprint density at radius 1 is 0.878 bits per heavy atom. The molecule has 2 N–H and O–H groups in total. The summed E-state index contributed by atoms with van der Waals surface area (Å²) in [6.45, 7) is 2.11. The van der Waals surface area contributed by atoms with Crippen LogP contribution in [0.2, 0.25) is 0 Å². The van der Waals surface area contributed by atoms with Crippen molar-refractivity contribution in [1.82, 2.24) is 5.43 Å². The van der Waals surface area contributed by atoms with Crippen molar-refractivity contribution >= 4 is 38.6 Å². The van der Waals surface area contributed by atoms with Gasteiger partial charge in [-0.3, -0.25) is 9.52 Å². The molecule has 206 valence electrons. The molecule has 0 aliphatic heterocycles. The van der Waals surface area contributed by atoms with Crippen molar-refractivity contribution in [2.24, 2.45) is 5.10 Å². The number of amides is 1. The van der Waals surface area contributed by atoms with Gasteiger partial charge in [-0.15, -0.1) is 0 Å². The zero-order valence-electron chi connectivity index (χ0n) is 22.0. The third-order valence-corrected chi connectivity index (χ3v) is 7.73. The number of sulfonamides is 1. The molecule has 9 heteroatoms. The summed E-state index contributed by atoms with van der Waals surface area (Å²) in [6, 6.07) is 30.1. The van der Waals surface area contributed by atoms with E-state index >= 15 is 0 Å². The summed E-state index contributed by atoms with van der Waals surface area (Å²) in [6.07, 6.45) is 1.52. The molecule has 0 heterocycles. The van der Waals surface area contributed by atoms with Gasteiger partial charge >= 0.3 is 0 Å². The Morgan fingerprint density at radius 2 is 1.59 bits per heavy atom. The summed E-state index contributed by atoms with van der Waals surface area (Å²) < 4.78 is 47.1. The highest BCUT2D eigenvalue weighted by Gasteiger charge is 2.14. The number of fused-ring (bicyclic) bond motifs is 1. The molecule has 1 amide bonds. The van der Waals surface area contributed by atoms with E-state index in [0.29, 0.717) is 22.6 Å². The molecule has 0 bridgehead atoms. The molecule has 5 aromatic carbocycles. The average molecular weight is 568 g/mol. The van der Waals surface area contributed by atoms with E-state index in [1.807, 2.05) is 43.3 Å². The topological polar surface area (TPSA) is 96.9 Å². The first-order valence-corrected chi connectivity index (χ1v) is 14.2. The number of aryl methyl sites for hydroxylation is 1. The standard InChI is InChI=1S/C32H26FN3O4S/c1-22-6-17-28(18-7-22)41(38,39)36-27-15-10-25(11-16-27)32(37)35-34-20-30-29-5-3-2-4-24(29)12-19-31(30)40-21-23-8-13-26(33)14-9-23/h2-20,36H,21H2,1H3,(H,35,37). The molecular weight excluding hydrogens is 541 g/mol. The predicted molar refractivity (Wildman–Crippen MR) is 158 cm³/mol. The van der Waals surface area contributed by atoms with Gasteiger partial charge in [-0.1, -0.05) is 60.2 Å². The number of hydrogen-bond donors (Lipinski definition) is 2. The number of nitrogens with one attached hydrogen (secondary N) is 2. The molecule has 5 aromatic rings. The maximum absolute atomic E-state index is 13.3. The average Bonchev–Trinajstić information content (AvgIpc) is 2.97. The van der Waals surface area contributed by atoms with Crippen molar-refractivity contribution in [2.75, 3.05) is 4.72 Å². The summed E-state index contributed by atoms with van der Waals surface area (Å²) in [5.74, 6) is -0.236. The fourth-order valence-corrected chi connectivity index (χ4v) is 5.18. The van der Waals surface area contributed by atoms with Gasteiger partial charge in [0.2, 0.25) is 0 Å². The van der Waals surface area contributed by atoms with Crippen molar-refractivity contribution in [3.8, 4) is 5.75 Å². The smallest absolute Gasteiger partial charge is 0.271 e. The molecule has 0 aromatic heterocycles. The van der Waals surface area contributed by atoms with E-state index in [2.05, 4.69) is 15.2 Å². The van der Waals surface area contributed by atoms with Crippen molar-refractivity contribution in [1.29, 1.82) is 0 Å². The van der Waals surface area contributed by atoms with Crippen molar-refractivity contribution < 1.29 is 22.3 Å². The largest absolute Gasteiger partial charge is 0.488 e. The van der Waals surface area contributed by atoms with Crippen LogP contribution in [0.4, 0.5) is 10.1 Å². The lowest BCUT2D eigenvalue weighted by molar-refractivity contribution is 0.0955. The van der Waals surface area contributed by atoms with Crippen LogP contribution in [-0.2, 0) is 16.6 Å². The Kier molecular flexibility index (Phi) is 8.07. The number of nitrogens with zero attached hydrogens (tertiary/aromatic N) is 1. The number of benzene rings is 5. The van der Waals surface area contributed by atoms with Crippen LogP contribution in [0.15, 0.2) is 119 Å². The number of hydrazone groups is 1. The first-order valence-electron chi connectivity index (χ1n) is 12.7. The number of carbonyl (C=O) groups excluding carboxylic acids is 1. The van der Waals surface area contributed by atoms with Gasteiger partial charge in [0, 0.05) is 16.8 Å². The monoisotopic (exact) mass is 567 g/mol. The second-order valence-corrected chi connectivity index (χ2v) is 11.0. The number of ether oxygens (including phenoxy) is 1. The minimum Gasteiger partial charge on any atom is -0.488 e. The summed E-state index contributed by atoms with van der Waals surface area (Å²) in [4.78, 5) is 12.9. The van der Waals surface area contributed by atoms with Crippen LogP contribution in [0.3, 0.4) is 0 Å². The van der Waals surface area contributed by atoms with Crippen LogP contribution >= 0.6 is 0 Å². The third kappa shape index (κ3) is 6.77. The van der Waals surface area contributed by atoms with E-state index in [0.717, 1.165) is 21.9 Å². The fourth-order valence-electron chi connectivity index (χ4n) is 4.12. The van der Waals surface area contributed by atoms with Crippen molar-refractivity contribution in [3.05, 3.63) is 137 Å². The molecule has 0 fully saturated rings. The maximum Gasteiger partial charge on any atom is 0.271 e. The highest BCUT2D eigenvalue weighted by atomic mass is 32.2. The molecule has 0 aliphatic carbocycles. The number of anilines is 1. The van der Waals surface area contributed by atoms with Gasteiger partial charge in [0.25, 0.3) is 15.9 Å². The van der Waals surface area contributed by atoms with E-state index in [9.17, 15) is 17.6 Å². The highest BCUT2D eigenvalue weighted by molar-refractivity contribution is 7.92. The molecule has 0 radical (unpaired) electrons. The highest BCUT2D eigenvalue weighted by Crippen LogP contribution is 2.27. The fraction of sp³-hybridized carbons (Fsp3) is 0.0625. The number of rotatable bonds is 9. The van der Waals surface area contributed by atoms with Gasteiger partial charge in [-0.25, -0.2) is 18.2 Å². The molecule has 0 saturated carbocycles. The van der Waals surface area contributed by atoms with Gasteiger partial charge in [-0.2, -0.15) is 5.10 Å². The van der Waals surface area contributed by atoms with Gasteiger partial charge in [0.05, 0.1) is 11.1 Å². The second kappa shape index (κ2) is 12.0. The summed E-state index contributed by atoms with van der Waals surface area (Å²) in [5, 5.41) is 6.01. The molecule has 0 aliphatic rings. The molecule has 0 unspecified atom stereocenters. The Labute approximate surface area is 237 Å². The lowest BCUT2D eigenvalue weighted by Crippen LogP contribution is -2.18. The molecule has 7 nitrogen and oxygen atoms in total. The molecule has 0 atom stereocenters. The second-order valence-electron chi connectivity index (χ2n) is 9.31. The van der Waals surface area contributed by atoms with Gasteiger partial charge in [0.15, 0.2) is 0 Å². The van der Waals surface area contributed by atoms with Crippen LogP contribution in [0.1, 0.15) is 27.0 Å². The molecule has 0 saturated heterocycles. The van der Waals surface area contributed by atoms with Crippen LogP contribution in [0.5, 0.6) is 5.75 Å². The zero-order chi connectivity index (χ0) is 28.8. The first-order chi connectivity index (χ1) is 19.8. The summed E-state index contributed by atoms with van der Waals surface area (Å²) in [5.41, 5.74) is 5.57. The van der Waals surface area contributed by atoms with E-state index in [1.54, 1.807) is 24.3 Å². The minimum absolute atomic E-state index is 0.147. The summed E-state index contributed by atoms with van der Waals surface area (Å²) in [7, 11) is -3.76. The van der Waals surface area contributed by atoms with E-state index in [4.69, 9.17) is 4.74 Å². The Balaban J connectivity index is 1.28. The predicted octanol–water partition coefficient (Wildman–Crippen LogP) is 6.43. The minimum atomic E-state index is -3.76. The SMILES string of the molecule is Cc1ccc(S(=O)(=O)Nc2ccc(C(=O)NN=Cc3c(OCc4ccc(F)cc4)ccc4ccccc34)cc2)cc1. The van der Waals surface area contributed by atoms with Gasteiger partial charge < -0.3 is 4.74 Å². The Morgan fingerprint density at radius 3 is 2.32 bits per heavy atom. The van der Waals surface area contributed by atoms with E-state index < -0.39 is 15.9 Å². The third-order valence-electron chi connectivity index (χ3n) is 6.33. The van der Waals surface area contributed by atoms with Crippen LogP contribution in [0.25, 0.3) is 10.8 Å².